The molecule has 170 valence electrons. The average Bonchev–Trinajstić information content (AvgIpc) is 3.13. The van der Waals surface area contributed by atoms with Crippen LogP contribution in [0.15, 0.2) is 68.8 Å². The molecule has 0 radical (unpaired) electrons. The van der Waals surface area contributed by atoms with Crippen molar-refractivity contribution in [1.29, 1.82) is 0 Å². The smallest absolute Gasteiger partial charge is 0.271 e. The Morgan fingerprint density at radius 3 is 2.42 bits per heavy atom. The molecule has 2 aromatic carbocycles. The molecule has 2 aromatic heterocycles. The van der Waals surface area contributed by atoms with E-state index in [-0.39, 0.29) is 16.2 Å². The summed E-state index contributed by atoms with van der Waals surface area (Å²) in [6, 6.07) is 13.7. The Hall–Kier alpha value is -3.63. The van der Waals surface area contributed by atoms with Crippen molar-refractivity contribution in [1.82, 2.24) is 14.9 Å². The Balaban J connectivity index is 1.80. The Kier molecular flexibility index (Phi) is 5.96. The molecule has 4 aromatic rings. The van der Waals surface area contributed by atoms with Gasteiger partial charge in [-0.1, -0.05) is 16.8 Å². The monoisotopic (exact) mass is 486 g/mol. The molecule has 2 heterocycles. The van der Waals surface area contributed by atoms with Gasteiger partial charge in [0.1, 0.15) is 22.0 Å². The fourth-order valence-electron chi connectivity index (χ4n) is 3.28. The minimum Gasteiger partial charge on any atom is -0.495 e. The second-order valence-corrected chi connectivity index (χ2v) is 9.21. The van der Waals surface area contributed by atoms with Gasteiger partial charge in [-0.25, -0.2) is 8.42 Å². The van der Waals surface area contributed by atoms with Gasteiger partial charge < -0.3 is 9.26 Å². The number of aromatic nitrogens is 3. The van der Waals surface area contributed by atoms with Crippen molar-refractivity contribution >= 4 is 27.3 Å². The number of hydrogen-bond donors (Lipinski definition) is 1. The summed E-state index contributed by atoms with van der Waals surface area (Å²) in [6.45, 7) is 3.38. The average molecular weight is 487 g/mol. The summed E-state index contributed by atoms with van der Waals surface area (Å²) < 4.78 is 40.4. The van der Waals surface area contributed by atoms with Gasteiger partial charge in [0.05, 0.1) is 12.8 Å². The van der Waals surface area contributed by atoms with Crippen LogP contribution in [0.25, 0.3) is 16.9 Å². The Bertz CT molecular complexity index is 1470. The van der Waals surface area contributed by atoms with Crippen LogP contribution in [0.3, 0.4) is 0 Å². The summed E-state index contributed by atoms with van der Waals surface area (Å²) in [7, 11) is -2.63. The topological polar surface area (TPSA) is 116 Å². The maximum absolute atomic E-state index is 13.1. The van der Waals surface area contributed by atoms with Crippen LogP contribution >= 0.6 is 11.6 Å². The second kappa shape index (κ2) is 8.72. The first-order valence-electron chi connectivity index (χ1n) is 9.70. The minimum atomic E-state index is -4.01. The summed E-state index contributed by atoms with van der Waals surface area (Å²) in [5, 5.41) is 8.76. The lowest BCUT2D eigenvalue weighted by Crippen LogP contribution is -2.21. The molecule has 0 unspecified atom stereocenters. The lowest BCUT2D eigenvalue weighted by molar-refractivity contribution is 0.392. The van der Waals surface area contributed by atoms with Gasteiger partial charge in [0.15, 0.2) is 5.76 Å². The molecule has 0 aliphatic rings. The molecule has 0 fully saturated rings. The number of benzene rings is 2. The van der Waals surface area contributed by atoms with E-state index in [1.54, 1.807) is 44.2 Å². The van der Waals surface area contributed by atoms with Crippen LogP contribution in [0.1, 0.15) is 11.5 Å². The van der Waals surface area contributed by atoms with Crippen molar-refractivity contribution in [2.24, 2.45) is 0 Å². The molecule has 0 spiro atoms. The largest absolute Gasteiger partial charge is 0.495 e. The van der Waals surface area contributed by atoms with E-state index in [1.807, 2.05) is 0 Å². The summed E-state index contributed by atoms with van der Waals surface area (Å²) >= 11 is 5.88. The van der Waals surface area contributed by atoms with Gasteiger partial charge in [-0.15, -0.1) is 0 Å². The summed E-state index contributed by atoms with van der Waals surface area (Å²) in [5.41, 5.74) is 1.75. The number of halogens is 1. The van der Waals surface area contributed by atoms with Gasteiger partial charge in [0, 0.05) is 22.3 Å². The van der Waals surface area contributed by atoms with Gasteiger partial charge in [-0.05, 0) is 62.4 Å². The number of sulfonamides is 1. The molecule has 0 aliphatic heterocycles. The molecule has 9 nitrogen and oxygen atoms in total. The van der Waals surface area contributed by atoms with Crippen molar-refractivity contribution < 1.29 is 17.7 Å². The van der Waals surface area contributed by atoms with Gasteiger partial charge in [0.25, 0.3) is 15.6 Å². The van der Waals surface area contributed by atoms with Crippen molar-refractivity contribution in [3.63, 3.8) is 0 Å². The number of nitrogens with one attached hydrogen (secondary N) is 1. The third-order valence-corrected chi connectivity index (χ3v) is 6.51. The van der Waals surface area contributed by atoms with Crippen LogP contribution in [-0.2, 0) is 10.0 Å². The molecular weight excluding hydrogens is 468 g/mol. The SMILES string of the molecule is COc1ccc(-c2ccc(=O)n(-c3c(C)noc3C)n2)cc1S(=O)(=O)Nc1ccc(Cl)cc1. The van der Waals surface area contributed by atoms with E-state index >= 15 is 0 Å². The molecule has 0 saturated heterocycles. The molecule has 4 rings (SSSR count). The van der Waals surface area contributed by atoms with Crippen molar-refractivity contribution in [2.75, 3.05) is 11.8 Å². The summed E-state index contributed by atoms with van der Waals surface area (Å²) in [5.74, 6) is 0.587. The van der Waals surface area contributed by atoms with E-state index in [2.05, 4.69) is 15.0 Å². The van der Waals surface area contributed by atoms with E-state index in [0.717, 1.165) is 0 Å². The highest BCUT2D eigenvalue weighted by molar-refractivity contribution is 7.92. The number of aryl methyl sites for hydroxylation is 2. The molecular formula is C22H19ClN4O5S. The van der Waals surface area contributed by atoms with Gasteiger partial charge in [-0.2, -0.15) is 9.78 Å². The van der Waals surface area contributed by atoms with Crippen molar-refractivity contribution in [3.8, 4) is 22.7 Å². The van der Waals surface area contributed by atoms with E-state index < -0.39 is 10.0 Å². The maximum atomic E-state index is 13.1. The number of methoxy groups -OCH3 is 1. The zero-order chi connectivity index (χ0) is 23.8. The molecule has 0 bridgehead atoms. The predicted molar refractivity (Wildman–Crippen MR) is 124 cm³/mol. The van der Waals surface area contributed by atoms with Gasteiger partial charge in [0.2, 0.25) is 0 Å². The zero-order valence-electron chi connectivity index (χ0n) is 17.9. The van der Waals surface area contributed by atoms with Crippen LogP contribution in [-0.4, -0.2) is 30.5 Å². The molecule has 0 saturated carbocycles. The van der Waals surface area contributed by atoms with Crippen LogP contribution in [0.5, 0.6) is 5.75 Å². The third kappa shape index (κ3) is 4.48. The highest BCUT2D eigenvalue weighted by Crippen LogP contribution is 2.31. The fraction of sp³-hybridized carbons (Fsp3) is 0.136. The molecule has 0 atom stereocenters. The van der Waals surface area contributed by atoms with Crippen LogP contribution in [0.4, 0.5) is 5.69 Å². The number of nitrogens with zero attached hydrogens (tertiary/aromatic N) is 3. The standard InChI is InChI=1S/C22H19ClN4O5S/c1-13-22(14(2)32-25-13)27-21(28)11-9-18(24-27)15-4-10-19(31-3)20(12-15)33(29,30)26-17-7-5-16(23)6-8-17/h4-12,26H,1-3H3. The number of anilines is 1. The molecule has 0 amide bonds. The van der Waals surface area contributed by atoms with E-state index in [4.69, 9.17) is 20.9 Å². The third-order valence-electron chi connectivity index (χ3n) is 4.85. The predicted octanol–water partition coefficient (Wildman–Crippen LogP) is 3.97. The number of hydrogen-bond acceptors (Lipinski definition) is 7. The fourth-order valence-corrected chi connectivity index (χ4v) is 4.66. The minimum absolute atomic E-state index is 0.0886. The molecule has 1 N–H and O–H groups in total. The van der Waals surface area contributed by atoms with Gasteiger partial charge >= 0.3 is 0 Å². The number of ether oxygens (including phenoxy) is 1. The first-order chi connectivity index (χ1) is 15.7. The highest BCUT2D eigenvalue weighted by atomic mass is 35.5. The Morgan fingerprint density at radius 1 is 1.06 bits per heavy atom. The lowest BCUT2D eigenvalue weighted by atomic mass is 10.1. The Morgan fingerprint density at radius 2 is 1.79 bits per heavy atom. The van der Waals surface area contributed by atoms with E-state index in [0.29, 0.717) is 39.1 Å². The first kappa shape index (κ1) is 22.6. The molecule has 0 aliphatic carbocycles. The highest BCUT2D eigenvalue weighted by Gasteiger charge is 2.22. The summed E-state index contributed by atoms with van der Waals surface area (Å²) in [4.78, 5) is 12.4. The quantitative estimate of drug-likeness (QED) is 0.438. The van der Waals surface area contributed by atoms with E-state index in [1.165, 1.54) is 36.1 Å². The zero-order valence-corrected chi connectivity index (χ0v) is 19.4. The normalized spacial score (nSPS) is 11.4. The molecule has 33 heavy (non-hydrogen) atoms. The number of rotatable bonds is 6. The van der Waals surface area contributed by atoms with Crippen LogP contribution < -0.4 is 15.0 Å². The van der Waals surface area contributed by atoms with Crippen molar-refractivity contribution in [3.05, 3.63) is 81.4 Å². The summed E-state index contributed by atoms with van der Waals surface area (Å²) in [6.07, 6.45) is 0. The second-order valence-electron chi connectivity index (χ2n) is 7.12. The van der Waals surface area contributed by atoms with Crippen molar-refractivity contribution in [2.45, 2.75) is 18.7 Å². The van der Waals surface area contributed by atoms with Crippen LogP contribution in [0.2, 0.25) is 5.02 Å². The first-order valence-corrected chi connectivity index (χ1v) is 11.6. The van der Waals surface area contributed by atoms with Crippen LogP contribution in [0, 0.1) is 13.8 Å². The Labute approximate surface area is 194 Å². The van der Waals surface area contributed by atoms with Gasteiger partial charge in [-0.3, -0.25) is 9.52 Å². The lowest BCUT2D eigenvalue weighted by Gasteiger charge is -2.13. The molecule has 11 heteroatoms. The van der Waals surface area contributed by atoms with E-state index in [9.17, 15) is 13.2 Å². The maximum Gasteiger partial charge on any atom is 0.271 e.